The third-order valence-corrected chi connectivity index (χ3v) is 7.71. The minimum Gasteiger partial charge on any atom is -0.492 e. The molecule has 1 spiro atoms. The third kappa shape index (κ3) is 8.05. The summed E-state index contributed by atoms with van der Waals surface area (Å²) in [6, 6.07) is 14.4. The first kappa shape index (κ1) is 31.2. The quantitative estimate of drug-likeness (QED) is 0.266. The zero-order valence-electron chi connectivity index (χ0n) is 25.1. The Morgan fingerprint density at radius 3 is 2.38 bits per heavy atom. The molecule has 236 valence electrons. The zero-order chi connectivity index (χ0) is 32.0. The van der Waals surface area contributed by atoms with Gasteiger partial charge in [-0.3, -0.25) is 24.0 Å². The number of nitrogens with zero attached hydrogens (tertiary/aromatic N) is 1. The third-order valence-electron chi connectivity index (χ3n) is 7.71. The minimum absolute atomic E-state index is 0.0587. The van der Waals surface area contributed by atoms with Gasteiger partial charge in [0.15, 0.2) is 0 Å². The van der Waals surface area contributed by atoms with Crippen molar-refractivity contribution >= 4 is 29.5 Å². The molecule has 1 saturated carbocycles. The van der Waals surface area contributed by atoms with Gasteiger partial charge in [-0.15, -0.1) is 0 Å². The van der Waals surface area contributed by atoms with Gasteiger partial charge in [0.25, 0.3) is 5.91 Å². The van der Waals surface area contributed by atoms with Gasteiger partial charge < -0.3 is 35.8 Å². The number of hydrogen-bond donors (Lipinski definition) is 5. The standard InChI is InChI=1S/C32H36N6O7/c1-19-16-26(45-38-19)30(42)36-24-18-22-8-10-23(11-9-22)44-15-14-33-31(43)32(12-13-32)37-29(41)25(17-21-6-4-3-5-7-21)35-27(39)20(2)34-28(24)40/h3-11,16,20,24-25H,12-15,17-18H2,1-2H3,(H,33,43)(H,34,40)(H,35,39)(H,36,42)(H,37,41)/t20-,24-,25+/m0/s1. The minimum atomic E-state index is -1.08. The molecule has 0 unspecified atom stereocenters. The van der Waals surface area contributed by atoms with Crippen molar-refractivity contribution in [1.29, 1.82) is 0 Å². The Hall–Kier alpha value is -5.20. The maximum absolute atomic E-state index is 13.5. The van der Waals surface area contributed by atoms with Crippen LogP contribution in [0.3, 0.4) is 0 Å². The summed E-state index contributed by atoms with van der Waals surface area (Å²) < 4.78 is 10.8. The number of rotatable bonds is 4. The van der Waals surface area contributed by atoms with Crippen molar-refractivity contribution in [3.05, 3.63) is 83.2 Å². The second-order valence-electron chi connectivity index (χ2n) is 11.4. The molecule has 45 heavy (non-hydrogen) atoms. The molecule has 5 N–H and O–H groups in total. The molecule has 3 atom stereocenters. The molecule has 1 aromatic heterocycles. The lowest BCUT2D eigenvalue weighted by Crippen LogP contribution is -2.59. The summed E-state index contributed by atoms with van der Waals surface area (Å²) in [5.74, 6) is -2.21. The van der Waals surface area contributed by atoms with E-state index in [9.17, 15) is 24.0 Å². The van der Waals surface area contributed by atoms with Gasteiger partial charge in [0.1, 0.15) is 36.0 Å². The average Bonchev–Trinajstić information content (AvgIpc) is 3.68. The molecule has 13 nitrogen and oxygen atoms in total. The van der Waals surface area contributed by atoms with Crippen LogP contribution in [0.5, 0.6) is 5.75 Å². The van der Waals surface area contributed by atoms with E-state index < -0.39 is 47.3 Å². The highest BCUT2D eigenvalue weighted by Crippen LogP contribution is 2.35. The van der Waals surface area contributed by atoms with E-state index in [2.05, 4.69) is 31.7 Å². The predicted octanol–water partition coefficient (Wildman–Crippen LogP) is 0.714. The second-order valence-corrected chi connectivity index (χ2v) is 11.4. The van der Waals surface area contributed by atoms with Crippen molar-refractivity contribution in [3.63, 3.8) is 0 Å². The molecule has 5 amide bonds. The number of amides is 5. The van der Waals surface area contributed by atoms with Crippen LogP contribution in [-0.4, -0.2) is 71.5 Å². The topological polar surface area (TPSA) is 181 Å². The van der Waals surface area contributed by atoms with Crippen LogP contribution in [0.2, 0.25) is 0 Å². The Morgan fingerprint density at radius 2 is 1.71 bits per heavy atom. The van der Waals surface area contributed by atoms with Gasteiger partial charge in [0, 0.05) is 18.9 Å². The number of carbonyl (C=O) groups is 5. The number of carbonyl (C=O) groups excluding carboxylic acids is 5. The number of aromatic nitrogens is 1. The summed E-state index contributed by atoms with van der Waals surface area (Å²) in [5.41, 5.74) is 0.952. The van der Waals surface area contributed by atoms with E-state index in [0.29, 0.717) is 29.8 Å². The van der Waals surface area contributed by atoms with E-state index in [4.69, 9.17) is 9.26 Å². The van der Waals surface area contributed by atoms with Crippen molar-refractivity contribution in [2.75, 3.05) is 13.2 Å². The van der Waals surface area contributed by atoms with Crippen LogP contribution in [0, 0.1) is 6.92 Å². The highest BCUT2D eigenvalue weighted by Gasteiger charge is 2.51. The molecule has 2 bridgehead atoms. The zero-order valence-corrected chi connectivity index (χ0v) is 25.1. The monoisotopic (exact) mass is 616 g/mol. The highest BCUT2D eigenvalue weighted by atomic mass is 16.5. The number of nitrogens with one attached hydrogen (secondary N) is 5. The van der Waals surface area contributed by atoms with Gasteiger partial charge in [-0.2, -0.15) is 0 Å². The lowest BCUT2D eigenvalue weighted by molar-refractivity contribution is -0.134. The maximum atomic E-state index is 13.5. The Labute approximate surface area is 259 Å². The van der Waals surface area contributed by atoms with Crippen LogP contribution in [0.25, 0.3) is 0 Å². The van der Waals surface area contributed by atoms with Crippen molar-refractivity contribution in [2.24, 2.45) is 0 Å². The number of fused-ring (bicyclic) bond motifs is 15. The van der Waals surface area contributed by atoms with Crippen LogP contribution >= 0.6 is 0 Å². The van der Waals surface area contributed by atoms with Crippen LogP contribution in [0.4, 0.5) is 0 Å². The van der Waals surface area contributed by atoms with Gasteiger partial charge in [-0.05, 0) is 49.9 Å². The smallest absolute Gasteiger partial charge is 0.290 e. The van der Waals surface area contributed by atoms with Crippen LogP contribution in [-0.2, 0) is 32.0 Å². The fourth-order valence-corrected chi connectivity index (χ4v) is 4.96. The van der Waals surface area contributed by atoms with Crippen molar-refractivity contribution in [2.45, 2.75) is 63.2 Å². The van der Waals surface area contributed by atoms with Crippen molar-refractivity contribution in [1.82, 2.24) is 31.7 Å². The van der Waals surface area contributed by atoms with Gasteiger partial charge >= 0.3 is 0 Å². The van der Waals surface area contributed by atoms with Crippen molar-refractivity contribution in [3.8, 4) is 5.75 Å². The second kappa shape index (κ2) is 13.6. The molecular weight excluding hydrogens is 580 g/mol. The van der Waals surface area contributed by atoms with E-state index in [0.717, 1.165) is 5.56 Å². The fourth-order valence-electron chi connectivity index (χ4n) is 4.96. The van der Waals surface area contributed by atoms with E-state index in [1.54, 1.807) is 31.2 Å². The molecule has 3 aromatic rings. The maximum Gasteiger partial charge on any atom is 0.290 e. The predicted molar refractivity (Wildman–Crippen MR) is 161 cm³/mol. The molecule has 0 saturated heterocycles. The van der Waals surface area contributed by atoms with E-state index >= 15 is 0 Å². The average molecular weight is 617 g/mol. The van der Waals surface area contributed by atoms with Gasteiger partial charge in [-0.25, -0.2) is 0 Å². The Morgan fingerprint density at radius 1 is 0.978 bits per heavy atom. The van der Waals surface area contributed by atoms with Crippen LogP contribution in [0.1, 0.15) is 47.1 Å². The van der Waals surface area contributed by atoms with Gasteiger partial charge in [0.05, 0.1) is 12.2 Å². The first-order chi connectivity index (χ1) is 21.6. The molecule has 1 fully saturated rings. The highest BCUT2D eigenvalue weighted by molar-refractivity contribution is 5.99. The summed E-state index contributed by atoms with van der Waals surface area (Å²) in [7, 11) is 0. The molecule has 6 rings (SSSR count). The number of ether oxygens (including phenoxy) is 1. The first-order valence-corrected chi connectivity index (χ1v) is 14.8. The summed E-state index contributed by atoms with van der Waals surface area (Å²) in [4.78, 5) is 66.3. The SMILES string of the molecule is Cc1cc(C(=O)N[C@H]2Cc3ccc(cc3)OCCNC(=O)C3(CC3)NC(=O)[C@@H](Cc3ccccc3)NC(=O)[C@H](C)NC2=O)on1. The van der Waals surface area contributed by atoms with Gasteiger partial charge in [0.2, 0.25) is 29.4 Å². The molecule has 0 radical (unpaired) electrons. The molecule has 13 heteroatoms. The fraction of sp³-hybridized carbons (Fsp3) is 0.375. The molecule has 3 heterocycles. The summed E-state index contributed by atoms with van der Waals surface area (Å²) >= 11 is 0. The normalized spacial score (nSPS) is 22.3. The largest absolute Gasteiger partial charge is 0.492 e. The van der Waals surface area contributed by atoms with Gasteiger partial charge in [-0.1, -0.05) is 47.6 Å². The number of benzene rings is 2. The molecule has 1 aliphatic carbocycles. The molecule has 2 aromatic carbocycles. The lowest BCUT2D eigenvalue weighted by Gasteiger charge is -2.25. The van der Waals surface area contributed by atoms with Crippen LogP contribution in [0.15, 0.2) is 65.2 Å². The molecule has 3 aliphatic rings. The number of hydrogen-bond acceptors (Lipinski definition) is 8. The van der Waals surface area contributed by atoms with Crippen LogP contribution < -0.4 is 31.3 Å². The molecule has 2 aliphatic heterocycles. The Balaban J connectivity index is 1.38. The summed E-state index contributed by atoms with van der Waals surface area (Å²) in [6.45, 7) is 3.56. The van der Waals surface area contributed by atoms with E-state index in [1.807, 2.05) is 30.3 Å². The number of aryl methyl sites for hydroxylation is 1. The first-order valence-electron chi connectivity index (χ1n) is 14.8. The summed E-state index contributed by atoms with van der Waals surface area (Å²) in [5, 5.41) is 17.5. The Kier molecular flexibility index (Phi) is 9.45. The molecular formula is C32H36N6O7. The Bertz CT molecular complexity index is 1550. The van der Waals surface area contributed by atoms with E-state index in [-0.39, 0.29) is 37.7 Å². The van der Waals surface area contributed by atoms with Crippen molar-refractivity contribution < 1.29 is 33.2 Å². The summed E-state index contributed by atoms with van der Waals surface area (Å²) in [6.07, 6.45) is 1.18. The van der Waals surface area contributed by atoms with E-state index in [1.165, 1.54) is 13.0 Å². The lowest BCUT2D eigenvalue weighted by atomic mass is 10.0.